The highest BCUT2D eigenvalue weighted by Crippen LogP contribution is 2.40. The number of anilines is 1. The first-order valence-electron chi connectivity index (χ1n) is 7.51. The minimum atomic E-state index is -0.310. The molecular weight excluding hydrogens is 373 g/mol. The van der Waals surface area contributed by atoms with Gasteiger partial charge in [0.2, 0.25) is 5.91 Å². The Morgan fingerprint density at radius 1 is 1.12 bits per heavy atom. The lowest BCUT2D eigenvalue weighted by Gasteiger charge is -2.24. The van der Waals surface area contributed by atoms with Crippen molar-refractivity contribution in [3.8, 4) is 5.69 Å². The highest BCUT2D eigenvalue weighted by Gasteiger charge is 2.31. The van der Waals surface area contributed by atoms with Crippen molar-refractivity contribution in [2.45, 2.75) is 12.3 Å². The van der Waals surface area contributed by atoms with E-state index in [-0.39, 0.29) is 17.6 Å². The molecule has 1 amide bonds. The normalized spacial score (nSPS) is 16.6. The Labute approximate surface area is 146 Å². The minimum absolute atomic E-state index is 0.0629. The number of rotatable bonds is 2. The molecule has 1 aliphatic rings. The quantitative estimate of drug-likeness (QED) is 0.716. The molecule has 1 unspecified atom stereocenters. The van der Waals surface area contributed by atoms with Crippen molar-refractivity contribution in [1.29, 1.82) is 0 Å². The van der Waals surface area contributed by atoms with Gasteiger partial charge in [0.1, 0.15) is 11.6 Å². The van der Waals surface area contributed by atoms with Crippen LogP contribution in [-0.2, 0) is 4.79 Å². The second-order valence-corrected chi connectivity index (χ2v) is 6.52. The molecule has 0 aliphatic carbocycles. The summed E-state index contributed by atoms with van der Waals surface area (Å²) < 4.78 is 15.8. The fourth-order valence-electron chi connectivity index (χ4n) is 3.03. The maximum Gasteiger partial charge on any atom is 0.226 e. The zero-order chi connectivity index (χ0) is 16.7. The first kappa shape index (κ1) is 15.1. The number of amides is 1. The first-order chi connectivity index (χ1) is 11.6. The molecule has 0 fully saturated rings. The van der Waals surface area contributed by atoms with E-state index in [1.54, 1.807) is 23.0 Å². The molecule has 2 heterocycles. The predicted molar refractivity (Wildman–Crippen MR) is 92.8 cm³/mol. The number of aromatic nitrogens is 2. The molecule has 6 heteroatoms. The Balaban J connectivity index is 1.83. The van der Waals surface area contributed by atoms with Crippen LogP contribution in [0.3, 0.4) is 0 Å². The smallest absolute Gasteiger partial charge is 0.226 e. The molecule has 3 aromatic rings. The third kappa shape index (κ3) is 2.53. The summed E-state index contributed by atoms with van der Waals surface area (Å²) in [6.07, 6.45) is 2.13. The predicted octanol–water partition coefficient (Wildman–Crippen LogP) is 4.25. The van der Waals surface area contributed by atoms with Gasteiger partial charge < -0.3 is 5.32 Å². The molecule has 0 saturated carbocycles. The maximum atomic E-state index is 13.2. The Hall–Kier alpha value is -2.47. The molecule has 0 radical (unpaired) electrons. The number of carbonyl (C=O) groups excluding carboxylic acids is 1. The Morgan fingerprint density at radius 2 is 1.88 bits per heavy atom. The van der Waals surface area contributed by atoms with Gasteiger partial charge >= 0.3 is 0 Å². The molecule has 24 heavy (non-hydrogen) atoms. The van der Waals surface area contributed by atoms with E-state index in [2.05, 4.69) is 26.3 Å². The van der Waals surface area contributed by atoms with Gasteiger partial charge in [0.25, 0.3) is 0 Å². The zero-order valence-corrected chi connectivity index (χ0v) is 14.1. The molecule has 1 aromatic heterocycles. The van der Waals surface area contributed by atoms with Crippen molar-refractivity contribution >= 4 is 27.7 Å². The molecule has 4 rings (SSSR count). The zero-order valence-electron chi connectivity index (χ0n) is 12.5. The summed E-state index contributed by atoms with van der Waals surface area (Å²) in [5.74, 6) is 0.194. The lowest BCUT2D eigenvalue weighted by atomic mass is 9.87. The summed E-state index contributed by atoms with van der Waals surface area (Å²) in [6, 6.07) is 13.9. The summed E-state index contributed by atoms with van der Waals surface area (Å²) in [4.78, 5) is 12.2. The van der Waals surface area contributed by atoms with Crippen LogP contribution >= 0.6 is 15.9 Å². The molecule has 1 aliphatic heterocycles. The molecule has 2 aromatic carbocycles. The highest BCUT2D eigenvalue weighted by molar-refractivity contribution is 9.10. The summed E-state index contributed by atoms with van der Waals surface area (Å²) in [5, 5.41) is 7.30. The third-order valence-corrected chi connectivity index (χ3v) is 4.89. The monoisotopic (exact) mass is 385 g/mol. The fraction of sp³-hybridized carbons (Fsp3) is 0.111. The van der Waals surface area contributed by atoms with Crippen LogP contribution in [-0.4, -0.2) is 15.7 Å². The van der Waals surface area contributed by atoms with E-state index in [1.807, 2.05) is 24.3 Å². The largest absolute Gasteiger partial charge is 0.310 e. The van der Waals surface area contributed by atoms with E-state index in [0.717, 1.165) is 15.6 Å². The number of nitrogens with zero attached hydrogens (tertiary/aromatic N) is 2. The minimum Gasteiger partial charge on any atom is -0.310 e. The van der Waals surface area contributed by atoms with Crippen LogP contribution < -0.4 is 5.32 Å². The van der Waals surface area contributed by atoms with Crippen LogP contribution in [0.4, 0.5) is 10.2 Å². The van der Waals surface area contributed by atoms with Gasteiger partial charge in [0, 0.05) is 22.4 Å². The van der Waals surface area contributed by atoms with Gasteiger partial charge in [-0.2, -0.15) is 5.10 Å². The van der Waals surface area contributed by atoms with E-state index in [1.165, 1.54) is 12.1 Å². The van der Waals surface area contributed by atoms with Crippen LogP contribution in [0.5, 0.6) is 0 Å². The molecule has 4 nitrogen and oxygen atoms in total. The van der Waals surface area contributed by atoms with Gasteiger partial charge in [-0.15, -0.1) is 0 Å². The average Bonchev–Trinajstić information content (AvgIpc) is 2.99. The number of fused-ring (bicyclic) bond motifs is 1. The summed E-state index contributed by atoms with van der Waals surface area (Å²) in [5.41, 5.74) is 2.70. The second-order valence-electron chi connectivity index (χ2n) is 5.66. The second kappa shape index (κ2) is 5.87. The van der Waals surface area contributed by atoms with Gasteiger partial charge in [-0.05, 0) is 35.9 Å². The first-order valence-corrected chi connectivity index (χ1v) is 8.31. The van der Waals surface area contributed by atoms with E-state index >= 15 is 0 Å². The number of halogens is 2. The van der Waals surface area contributed by atoms with Crippen molar-refractivity contribution < 1.29 is 9.18 Å². The van der Waals surface area contributed by atoms with E-state index in [9.17, 15) is 9.18 Å². The molecule has 0 saturated heterocycles. The molecule has 1 N–H and O–H groups in total. The fourth-order valence-corrected chi connectivity index (χ4v) is 3.59. The Bertz CT molecular complexity index is 920. The maximum absolute atomic E-state index is 13.2. The number of benzene rings is 2. The lowest BCUT2D eigenvalue weighted by molar-refractivity contribution is -0.116. The molecule has 0 spiro atoms. The van der Waals surface area contributed by atoms with Crippen LogP contribution in [0.1, 0.15) is 23.5 Å². The van der Waals surface area contributed by atoms with E-state index < -0.39 is 0 Å². The average molecular weight is 386 g/mol. The third-order valence-electron chi connectivity index (χ3n) is 4.17. The number of hydrogen-bond acceptors (Lipinski definition) is 2. The topological polar surface area (TPSA) is 46.9 Å². The van der Waals surface area contributed by atoms with Gasteiger partial charge in [-0.1, -0.05) is 34.1 Å². The molecule has 0 bridgehead atoms. The van der Waals surface area contributed by atoms with Crippen molar-refractivity contribution in [2.75, 3.05) is 5.32 Å². The van der Waals surface area contributed by atoms with Gasteiger partial charge in [-0.25, -0.2) is 9.07 Å². The lowest BCUT2D eigenvalue weighted by Crippen LogP contribution is -2.24. The van der Waals surface area contributed by atoms with Crippen LogP contribution in [0.2, 0.25) is 0 Å². The Kier molecular flexibility index (Phi) is 3.69. The summed E-state index contributed by atoms with van der Waals surface area (Å²) >= 11 is 3.56. The van der Waals surface area contributed by atoms with Crippen LogP contribution in [0.15, 0.2) is 59.2 Å². The van der Waals surface area contributed by atoms with Crippen molar-refractivity contribution in [3.63, 3.8) is 0 Å². The number of nitrogens with one attached hydrogen (secondary N) is 1. The van der Waals surface area contributed by atoms with Crippen molar-refractivity contribution in [2.24, 2.45) is 0 Å². The van der Waals surface area contributed by atoms with Gasteiger partial charge in [0.15, 0.2) is 0 Å². The molecule has 120 valence electrons. The molecular formula is C18H13BrFN3O. The summed E-state index contributed by atoms with van der Waals surface area (Å²) in [7, 11) is 0. The summed E-state index contributed by atoms with van der Waals surface area (Å²) in [6.45, 7) is 0. The standard InChI is InChI=1S/C18H13BrFN3O/c19-16-4-2-1-3-13(16)14-9-17(24)22-18-15(14)10-21-23(18)12-7-5-11(20)6-8-12/h1-8,10,14H,9H2,(H,22,24). The number of hydrogen-bond donors (Lipinski definition) is 1. The van der Waals surface area contributed by atoms with Crippen LogP contribution in [0.25, 0.3) is 5.69 Å². The molecule has 1 atom stereocenters. The van der Waals surface area contributed by atoms with E-state index in [4.69, 9.17) is 0 Å². The van der Waals surface area contributed by atoms with Crippen LogP contribution in [0, 0.1) is 5.82 Å². The van der Waals surface area contributed by atoms with Crippen molar-refractivity contribution in [3.05, 3.63) is 76.1 Å². The SMILES string of the molecule is O=C1CC(c2ccccc2Br)c2cnn(-c3ccc(F)cc3)c2N1. The van der Waals surface area contributed by atoms with E-state index in [0.29, 0.717) is 17.9 Å². The highest BCUT2D eigenvalue weighted by atomic mass is 79.9. The van der Waals surface area contributed by atoms with Crippen molar-refractivity contribution in [1.82, 2.24) is 9.78 Å². The number of carbonyl (C=O) groups is 1. The Morgan fingerprint density at radius 3 is 2.62 bits per heavy atom. The van der Waals surface area contributed by atoms with Gasteiger partial charge in [-0.3, -0.25) is 4.79 Å². The van der Waals surface area contributed by atoms with Gasteiger partial charge in [0.05, 0.1) is 11.9 Å².